The van der Waals surface area contributed by atoms with Crippen LogP contribution in [0.15, 0.2) is 60.7 Å². The van der Waals surface area contributed by atoms with Crippen molar-refractivity contribution in [3.63, 3.8) is 0 Å². The van der Waals surface area contributed by atoms with Gasteiger partial charge in [-0.2, -0.15) is 0 Å². The van der Waals surface area contributed by atoms with Gasteiger partial charge in [-0.25, -0.2) is 9.78 Å². The Hall–Kier alpha value is -2.94. The van der Waals surface area contributed by atoms with E-state index in [1.54, 1.807) is 6.08 Å². The summed E-state index contributed by atoms with van der Waals surface area (Å²) in [7, 11) is 0. The number of benzene rings is 2. The summed E-state index contributed by atoms with van der Waals surface area (Å²) in [6.07, 6.45) is 3.68. The molecule has 0 bridgehead atoms. The third-order valence-electron chi connectivity index (χ3n) is 3.21. The number of aromatic carboxylic acids is 1. The Morgan fingerprint density at radius 1 is 0.952 bits per heavy atom. The van der Waals surface area contributed by atoms with Crippen molar-refractivity contribution in [1.29, 1.82) is 0 Å². The molecule has 0 radical (unpaired) electrons. The fourth-order valence-corrected chi connectivity index (χ4v) is 2.18. The summed E-state index contributed by atoms with van der Waals surface area (Å²) in [5.74, 6) is -1.02. The lowest BCUT2D eigenvalue weighted by Gasteiger charge is -2.04. The molecule has 0 fully saturated rings. The van der Waals surface area contributed by atoms with Crippen molar-refractivity contribution in [2.75, 3.05) is 0 Å². The van der Waals surface area contributed by atoms with Gasteiger partial charge in [-0.3, -0.25) is 0 Å². The van der Waals surface area contributed by atoms with Gasteiger partial charge in [-0.05, 0) is 17.7 Å². The van der Waals surface area contributed by atoms with Crippen LogP contribution in [-0.2, 0) is 0 Å². The second-order valence-corrected chi connectivity index (χ2v) is 4.67. The van der Waals surface area contributed by atoms with Crippen LogP contribution in [0.2, 0.25) is 0 Å². The molecular formula is C18H13NO2. The van der Waals surface area contributed by atoms with Gasteiger partial charge in [-0.15, -0.1) is 0 Å². The molecule has 3 nitrogen and oxygen atoms in total. The molecule has 21 heavy (non-hydrogen) atoms. The summed E-state index contributed by atoms with van der Waals surface area (Å²) in [6.45, 7) is 0. The highest BCUT2D eigenvalue weighted by Gasteiger charge is 2.11. The minimum atomic E-state index is -1.02. The highest BCUT2D eigenvalue weighted by molar-refractivity contribution is 5.95. The number of fused-ring (bicyclic) bond motifs is 1. The molecule has 1 heterocycles. The predicted molar refractivity (Wildman–Crippen MR) is 84.1 cm³/mol. The van der Waals surface area contributed by atoms with Gasteiger partial charge in [0, 0.05) is 10.9 Å². The Labute approximate surface area is 122 Å². The number of carboxylic acids is 1. The van der Waals surface area contributed by atoms with Gasteiger partial charge in [0.15, 0.2) is 5.69 Å². The quantitative estimate of drug-likeness (QED) is 0.782. The highest BCUT2D eigenvalue weighted by atomic mass is 16.4. The van der Waals surface area contributed by atoms with Gasteiger partial charge < -0.3 is 5.11 Å². The Bertz CT molecular complexity index is 823. The molecule has 3 heteroatoms. The average molecular weight is 275 g/mol. The molecule has 0 unspecified atom stereocenters. The van der Waals surface area contributed by atoms with Crippen LogP contribution < -0.4 is 0 Å². The van der Waals surface area contributed by atoms with E-state index in [0.717, 1.165) is 10.9 Å². The molecule has 2 aromatic carbocycles. The van der Waals surface area contributed by atoms with Crippen molar-refractivity contribution in [2.45, 2.75) is 0 Å². The first-order valence-electron chi connectivity index (χ1n) is 6.60. The molecule has 0 aliphatic rings. The highest BCUT2D eigenvalue weighted by Crippen LogP contribution is 2.19. The van der Waals surface area contributed by atoms with E-state index in [1.807, 2.05) is 66.7 Å². The number of aromatic nitrogens is 1. The molecular weight excluding hydrogens is 262 g/mol. The lowest BCUT2D eigenvalue weighted by atomic mass is 10.1. The van der Waals surface area contributed by atoms with Crippen LogP contribution in [-0.4, -0.2) is 16.1 Å². The molecule has 0 amide bonds. The Morgan fingerprint density at radius 3 is 2.43 bits per heavy atom. The molecule has 0 spiro atoms. The van der Waals surface area contributed by atoms with Crippen molar-refractivity contribution < 1.29 is 9.90 Å². The molecule has 0 aliphatic carbocycles. The van der Waals surface area contributed by atoms with Gasteiger partial charge in [0.25, 0.3) is 0 Å². The van der Waals surface area contributed by atoms with Crippen molar-refractivity contribution in [1.82, 2.24) is 4.98 Å². The maximum Gasteiger partial charge on any atom is 0.355 e. The topological polar surface area (TPSA) is 50.2 Å². The number of hydrogen-bond donors (Lipinski definition) is 1. The minimum absolute atomic E-state index is 0.0703. The van der Waals surface area contributed by atoms with Crippen molar-refractivity contribution in [2.24, 2.45) is 0 Å². The molecule has 3 aromatic rings. The Kier molecular flexibility index (Phi) is 3.48. The number of hydrogen-bond acceptors (Lipinski definition) is 2. The van der Waals surface area contributed by atoms with Gasteiger partial charge in [0.05, 0.1) is 5.52 Å². The summed E-state index contributed by atoms with van der Waals surface area (Å²) in [4.78, 5) is 15.6. The van der Waals surface area contributed by atoms with Crippen molar-refractivity contribution in [3.8, 4) is 0 Å². The smallest absolute Gasteiger partial charge is 0.355 e. The normalized spacial score (nSPS) is 11.0. The van der Waals surface area contributed by atoms with Crippen LogP contribution in [0.4, 0.5) is 0 Å². The largest absolute Gasteiger partial charge is 0.476 e. The van der Waals surface area contributed by atoms with Crippen molar-refractivity contribution in [3.05, 3.63) is 77.5 Å². The van der Waals surface area contributed by atoms with E-state index < -0.39 is 5.97 Å². The number of carbonyl (C=O) groups is 1. The summed E-state index contributed by atoms with van der Waals surface area (Å²) in [6, 6.07) is 19.1. The first-order chi connectivity index (χ1) is 10.2. The second-order valence-electron chi connectivity index (χ2n) is 4.67. The standard InChI is InChI=1S/C18H13NO2/c20-18(21)17-15(11-10-13-6-2-1-3-7-13)12-14-8-4-5-9-16(14)19-17/h1-12H,(H,20,21). The first-order valence-corrected chi connectivity index (χ1v) is 6.60. The maximum absolute atomic E-state index is 11.4. The molecule has 1 aromatic heterocycles. The van der Waals surface area contributed by atoms with Gasteiger partial charge >= 0.3 is 5.97 Å². The Morgan fingerprint density at radius 2 is 1.67 bits per heavy atom. The molecule has 3 rings (SSSR count). The van der Waals surface area contributed by atoms with E-state index in [0.29, 0.717) is 11.1 Å². The summed E-state index contributed by atoms with van der Waals surface area (Å²) >= 11 is 0. The van der Waals surface area contributed by atoms with E-state index in [2.05, 4.69) is 4.98 Å². The number of nitrogens with zero attached hydrogens (tertiary/aromatic N) is 1. The first kappa shape index (κ1) is 13.1. The lowest BCUT2D eigenvalue weighted by Crippen LogP contribution is -2.03. The molecule has 1 N–H and O–H groups in total. The van der Waals surface area contributed by atoms with Crippen LogP contribution in [0.5, 0.6) is 0 Å². The predicted octanol–water partition coefficient (Wildman–Crippen LogP) is 4.10. The fourth-order valence-electron chi connectivity index (χ4n) is 2.18. The van der Waals surface area contributed by atoms with Crippen LogP contribution >= 0.6 is 0 Å². The number of para-hydroxylation sites is 1. The molecule has 0 saturated heterocycles. The van der Waals surface area contributed by atoms with E-state index in [4.69, 9.17) is 0 Å². The number of pyridine rings is 1. The van der Waals surface area contributed by atoms with Crippen LogP contribution in [0.25, 0.3) is 23.1 Å². The van der Waals surface area contributed by atoms with Gasteiger partial charge in [-0.1, -0.05) is 60.7 Å². The molecule has 0 aliphatic heterocycles. The summed E-state index contributed by atoms with van der Waals surface area (Å²) in [5, 5.41) is 10.3. The van der Waals surface area contributed by atoms with Crippen molar-refractivity contribution >= 4 is 29.0 Å². The molecule has 0 saturated carbocycles. The maximum atomic E-state index is 11.4. The summed E-state index contributed by atoms with van der Waals surface area (Å²) in [5.41, 5.74) is 2.37. The van der Waals surface area contributed by atoms with Gasteiger partial charge in [0.1, 0.15) is 0 Å². The van der Waals surface area contributed by atoms with Crippen LogP contribution in [0, 0.1) is 0 Å². The number of carboxylic acid groups (broad SMARTS) is 1. The lowest BCUT2D eigenvalue weighted by molar-refractivity contribution is 0.0690. The molecule has 102 valence electrons. The minimum Gasteiger partial charge on any atom is -0.476 e. The number of rotatable bonds is 3. The van der Waals surface area contributed by atoms with Crippen LogP contribution in [0.1, 0.15) is 21.6 Å². The monoisotopic (exact) mass is 275 g/mol. The van der Waals surface area contributed by atoms with E-state index >= 15 is 0 Å². The van der Waals surface area contributed by atoms with Crippen LogP contribution in [0.3, 0.4) is 0 Å². The van der Waals surface area contributed by atoms with E-state index in [1.165, 1.54) is 0 Å². The second kappa shape index (κ2) is 5.59. The third kappa shape index (κ3) is 2.82. The van der Waals surface area contributed by atoms with E-state index in [9.17, 15) is 9.90 Å². The average Bonchev–Trinajstić information content (AvgIpc) is 2.53. The molecule has 0 atom stereocenters. The zero-order valence-corrected chi connectivity index (χ0v) is 11.2. The third-order valence-corrected chi connectivity index (χ3v) is 3.21. The zero-order chi connectivity index (χ0) is 14.7. The SMILES string of the molecule is O=C(O)c1nc2ccccc2cc1C=Cc1ccccc1. The zero-order valence-electron chi connectivity index (χ0n) is 11.2. The van der Waals surface area contributed by atoms with Gasteiger partial charge in [0.2, 0.25) is 0 Å². The fraction of sp³-hybridized carbons (Fsp3) is 0. The van der Waals surface area contributed by atoms with E-state index in [-0.39, 0.29) is 5.69 Å². The Balaban J connectivity index is 2.10. The summed E-state index contributed by atoms with van der Waals surface area (Å²) < 4.78 is 0.